The predicted octanol–water partition coefficient (Wildman–Crippen LogP) is 3.26. The summed E-state index contributed by atoms with van der Waals surface area (Å²) in [5.41, 5.74) is 7.98. The molecule has 2 aromatic carbocycles. The Morgan fingerprint density at radius 3 is 1.89 bits per heavy atom. The van der Waals surface area contributed by atoms with E-state index in [1.807, 2.05) is 36.4 Å². The number of oxime groups is 1. The summed E-state index contributed by atoms with van der Waals surface area (Å²) in [7, 11) is 0. The maximum Gasteiger partial charge on any atom is 0.149 e. The lowest BCUT2D eigenvalue weighted by Crippen LogP contribution is -2.15. The normalized spacial score (nSPS) is 11.7. The van der Waals surface area contributed by atoms with Crippen LogP contribution >= 0.6 is 11.8 Å². The van der Waals surface area contributed by atoms with Gasteiger partial charge in [-0.3, -0.25) is 0 Å². The van der Waals surface area contributed by atoms with Gasteiger partial charge in [0.15, 0.2) is 0 Å². The Morgan fingerprint density at radius 2 is 1.47 bits per heavy atom. The first-order valence-corrected chi connectivity index (χ1v) is 7.04. The van der Waals surface area contributed by atoms with E-state index < -0.39 is 0 Å². The number of nitrogens with two attached hydrogens (primary N) is 1. The zero-order chi connectivity index (χ0) is 13.5. The fraction of sp³-hybridized carbons (Fsp3) is 0.133. The van der Waals surface area contributed by atoms with Crippen LogP contribution in [0, 0.1) is 0 Å². The Hall–Kier alpha value is -1.94. The minimum Gasteiger partial charge on any atom is -0.409 e. The maximum absolute atomic E-state index is 8.64. The summed E-state index contributed by atoms with van der Waals surface area (Å²) in [6, 6.07) is 20.5. The maximum atomic E-state index is 8.64. The molecule has 0 bridgehead atoms. The molecule has 0 saturated carbocycles. The van der Waals surface area contributed by atoms with E-state index in [1.54, 1.807) is 11.8 Å². The quantitative estimate of drug-likeness (QED) is 0.380. The van der Waals surface area contributed by atoms with Gasteiger partial charge in [0.2, 0.25) is 0 Å². The third kappa shape index (κ3) is 3.76. The topological polar surface area (TPSA) is 58.6 Å². The van der Waals surface area contributed by atoms with Gasteiger partial charge >= 0.3 is 0 Å². The SMILES string of the molecule is NC(CSC(c1ccccc1)c1ccccc1)=NO. The van der Waals surface area contributed by atoms with Gasteiger partial charge in [0, 0.05) is 0 Å². The van der Waals surface area contributed by atoms with Gasteiger partial charge < -0.3 is 10.9 Å². The van der Waals surface area contributed by atoms with Crippen LogP contribution in [-0.4, -0.2) is 16.8 Å². The number of benzene rings is 2. The molecular formula is C15H16N2OS. The van der Waals surface area contributed by atoms with Crippen molar-refractivity contribution in [2.45, 2.75) is 5.25 Å². The van der Waals surface area contributed by atoms with Gasteiger partial charge in [-0.25, -0.2) is 0 Å². The molecule has 98 valence electrons. The van der Waals surface area contributed by atoms with Gasteiger partial charge in [0.05, 0.1) is 11.0 Å². The third-order valence-corrected chi connectivity index (χ3v) is 4.07. The molecule has 0 unspecified atom stereocenters. The summed E-state index contributed by atoms with van der Waals surface area (Å²) in [6.45, 7) is 0. The molecule has 2 aromatic rings. The molecule has 19 heavy (non-hydrogen) atoms. The van der Waals surface area contributed by atoms with Crippen LogP contribution in [0.1, 0.15) is 16.4 Å². The Bertz CT molecular complexity index is 489. The minimum atomic E-state index is 0.183. The van der Waals surface area contributed by atoms with Crippen LogP contribution in [0.2, 0.25) is 0 Å². The zero-order valence-electron chi connectivity index (χ0n) is 10.4. The number of rotatable bonds is 5. The van der Waals surface area contributed by atoms with Crippen LogP contribution in [-0.2, 0) is 0 Å². The highest BCUT2D eigenvalue weighted by molar-refractivity contribution is 8.00. The Balaban J connectivity index is 2.24. The van der Waals surface area contributed by atoms with Crippen LogP contribution in [0.3, 0.4) is 0 Å². The van der Waals surface area contributed by atoms with Crippen molar-refractivity contribution in [2.75, 3.05) is 5.75 Å². The molecule has 0 aliphatic rings. The minimum absolute atomic E-state index is 0.183. The molecule has 0 saturated heterocycles. The van der Waals surface area contributed by atoms with E-state index in [0.717, 1.165) is 0 Å². The smallest absolute Gasteiger partial charge is 0.149 e. The highest BCUT2D eigenvalue weighted by atomic mass is 32.2. The van der Waals surface area contributed by atoms with E-state index in [-0.39, 0.29) is 11.1 Å². The van der Waals surface area contributed by atoms with Crippen molar-refractivity contribution in [3.8, 4) is 0 Å². The molecule has 0 fully saturated rings. The summed E-state index contributed by atoms with van der Waals surface area (Å²) >= 11 is 1.64. The van der Waals surface area contributed by atoms with Crippen molar-refractivity contribution in [1.29, 1.82) is 0 Å². The van der Waals surface area contributed by atoms with Gasteiger partial charge in [-0.2, -0.15) is 0 Å². The number of nitrogens with zero attached hydrogens (tertiary/aromatic N) is 1. The first kappa shape index (κ1) is 13.5. The zero-order valence-corrected chi connectivity index (χ0v) is 11.3. The molecule has 0 aliphatic carbocycles. The summed E-state index contributed by atoms with van der Waals surface area (Å²) in [4.78, 5) is 0. The monoisotopic (exact) mass is 272 g/mol. The van der Waals surface area contributed by atoms with Crippen molar-refractivity contribution in [1.82, 2.24) is 0 Å². The highest BCUT2D eigenvalue weighted by Crippen LogP contribution is 2.35. The van der Waals surface area contributed by atoms with E-state index in [9.17, 15) is 0 Å². The average Bonchev–Trinajstić information content (AvgIpc) is 2.49. The Morgan fingerprint density at radius 1 is 1.00 bits per heavy atom. The van der Waals surface area contributed by atoms with Crippen molar-refractivity contribution in [3.05, 3.63) is 71.8 Å². The van der Waals surface area contributed by atoms with Crippen molar-refractivity contribution in [3.63, 3.8) is 0 Å². The molecule has 0 aromatic heterocycles. The van der Waals surface area contributed by atoms with Gasteiger partial charge in [-0.1, -0.05) is 65.8 Å². The van der Waals surface area contributed by atoms with Crippen LogP contribution in [0.5, 0.6) is 0 Å². The first-order chi connectivity index (χ1) is 9.31. The molecule has 0 heterocycles. The van der Waals surface area contributed by atoms with Crippen LogP contribution in [0.4, 0.5) is 0 Å². The van der Waals surface area contributed by atoms with Gasteiger partial charge in [-0.05, 0) is 11.1 Å². The second-order valence-corrected chi connectivity index (χ2v) is 5.20. The van der Waals surface area contributed by atoms with E-state index in [2.05, 4.69) is 29.4 Å². The van der Waals surface area contributed by atoms with Crippen LogP contribution in [0.25, 0.3) is 0 Å². The Kier molecular flexibility index (Phi) is 4.86. The number of hydrogen-bond acceptors (Lipinski definition) is 3. The van der Waals surface area contributed by atoms with Crippen LogP contribution in [0.15, 0.2) is 65.8 Å². The number of amidine groups is 1. The largest absolute Gasteiger partial charge is 0.409 e. The second kappa shape index (κ2) is 6.85. The molecular weight excluding hydrogens is 256 g/mol. The summed E-state index contributed by atoms with van der Waals surface area (Å²) in [5.74, 6) is 0.729. The fourth-order valence-corrected chi connectivity index (χ4v) is 2.93. The van der Waals surface area contributed by atoms with Crippen molar-refractivity contribution >= 4 is 17.6 Å². The lowest BCUT2D eigenvalue weighted by molar-refractivity contribution is 0.318. The van der Waals surface area contributed by atoms with Gasteiger partial charge in [0.1, 0.15) is 5.84 Å². The molecule has 0 amide bonds. The van der Waals surface area contributed by atoms with E-state index in [1.165, 1.54) is 11.1 Å². The van der Waals surface area contributed by atoms with Gasteiger partial charge in [-0.15, -0.1) is 11.8 Å². The van der Waals surface area contributed by atoms with Crippen molar-refractivity contribution in [2.24, 2.45) is 10.9 Å². The molecule has 0 radical (unpaired) electrons. The molecule has 0 spiro atoms. The summed E-state index contributed by atoms with van der Waals surface area (Å²) in [6.07, 6.45) is 0. The number of hydrogen-bond donors (Lipinski definition) is 2. The summed E-state index contributed by atoms with van der Waals surface area (Å²) in [5, 5.41) is 11.8. The molecule has 4 heteroatoms. The summed E-state index contributed by atoms with van der Waals surface area (Å²) < 4.78 is 0. The van der Waals surface area contributed by atoms with E-state index in [0.29, 0.717) is 5.75 Å². The van der Waals surface area contributed by atoms with E-state index >= 15 is 0 Å². The lowest BCUT2D eigenvalue weighted by atomic mass is 10.0. The molecule has 0 atom stereocenters. The molecule has 3 nitrogen and oxygen atoms in total. The lowest BCUT2D eigenvalue weighted by Gasteiger charge is -2.17. The predicted molar refractivity (Wildman–Crippen MR) is 80.6 cm³/mol. The molecule has 2 rings (SSSR count). The van der Waals surface area contributed by atoms with Gasteiger partial charge in [0.25, 0.3) is 0 Å². The van der Waals surface area contributed by atoms with E-state index in [4.69, 9.17) is 10.9 Å². The first-order valence-electron chi connectivity index (χ1n) is 5.99. The second-order valence-electron chi connectivity index (χ2n) is 4.10. The average molecular weight is 272 g/mol. The number of thioether (sulfide) groups is 1. The highest BCUT2D eigenvalue weighted by Gasteiger charge is 2.14. The third-order valence-electron chi connectivity index (χ3n) is 2.73. The molecule has 3 N–H and O–H groups in total. The van der Waals surface area contributed by atoms with Crippen LogP contribution < -0.4 is 5.73 Å². The van der Waals surface area contributed by atoms with Crippen molar-refractivity contribution < 1.29 is 5.21 Å². The fourth-order valence-electron chi connectivity index (χ4n) is 1.84. The molecule has 0 aliphatic heterocycles. The standard InChI is InChI=1S/C15H16N2OS/c16-14(17-18)11-19-15(12-7-3-1-4-8-12)13-9-5-2-6-10-13/h1-10,15,18H,11H2,(H2,16,17). The Labute approximate surface area is 117 Å².